The van der Waals surface area contributed by atoms with Gasteiger partial charge in [0, 0.05) is 44.5 Å². The van der Waals surface area contributed by atoms with Gasteiger partial charge in [0.2, 0.25) is 0 Å². The number of amidine groups is 1. The molecule has 0 saturated carbocycles. The van der Waals surface area contributed by atoms with Crippen LogP contribution in [-0.4, -0.2) is 20.4 Å². The number of anilines is 2. The first-order valence-electron chi connectivity index (χ1n) is 20.0. The Hall–Kier alpha value is -7.11. The SMILES string of the molecule is CC1(C)N=C(c2ccc(-c3cccc4c3c3ccccc3n4-c3cc(-c4ccccc4)nc(-c4ccccc4)n3)cc2)N2c3ccccc3C(C)(C)c3cccc1c32. The van der Waals surface area contributed by atoms with Gasteiger partial charge in [-0.3, -0.25) is 14.5 Å². The molecule has 0 spiro atoms. The second-order valence-electron chi connectivity index (χ2n) is 16.5. The second kappa shape index (κ2) is 12.7. The Kier molecular flexibility index (Phi) is 7.48. The maximum absolute atomic E-state index is 5.51. The van der Waals surface area contributed by atoms with Crippen molar-refractivity contribution in [3.63, 3.8) is 0 Å². The zero-order valence-corrected chi connectivity index (χ0v) is 33.0. The average Bonchev–Trinajstić information content (AvgIpc) is 3.61. The molecular formula is C53H41N5. The second-order valence-corrected chi connectivity index (χ2v) is 16.5. The highest BCUT2D eigenvalue weighted by molar-refractivity contribution is 6.19. The first kappa shape index (κ1) is 34.2. The summed E-state index contributed by atoms with van der Waals surface area (Å²) in [6, 6.07) is 62.6. The van der Waals surface area contributed by atoms with Crippen molar-refractivity contribution in [2.45, 2.75) is 38.6 Å². The first-order chi connectivity index (χ1) is 28.3. The minimum absolute atomic E-state index is 0.142. The zero-order chi connectivity index (χ0) is 39.2. The average molecular weight is 748 g/mol. The summed E-state index contributed by atoms with van der Waals surface area (Å²) in [6.07, 6.45) is 0. The molecule has 0 saturated heterocycles. The lowest BCUT2D eigenvalue weighted by atomic mass is 9.71. The summed E-state index contributed by atoms with van der Waals surface area (Å²) in [5.74, 6) is 2.49. The van der Waals surface area contributed by atoms with E-state index in [0.717, 1.165) is 50.6 Å². The van der Waals surface area contributed by atoms with Crippen molar-refractivity contribution in [2.24, 2.45) is 4.99 Å². The van der Waals surface area contributed by atoms with Gasteiger partial charge >= 0.3 is 0 Å². The van der Waals surface area contributed by atoms with E-state index in [2.05, 4.69) is 189 Å². The molecule has 0 atom stereocenters. The van der Waals surface area contributed by atoms with E-state index in [1.165, 1.54) is 44.4 Å². The molecule has 278 valence electrons. The molecule has 0 bridgehead atoms. The lowest BCUT2D eigenvalue weighted by Crippen LogP contribution is -2.43. The van der Waals surface area contributed by atoms with E-state index in [-0.39, 0.29) is 5.41 Å². The summed E-state index contributed by atoms with van der Waals surface area (Å²) < 4.78 is 2.30. The van der Waals surface area contributed by atoms with Gasteiger partial charge in [0.1, 0.15) is 11.7 Å². The molecule has 2 aliphatic heterocycles. The number of aromatic nitrogens is 3. The topological polar surface area (TPSA) is 46.3 Å². The summed E-state index contributed by atoms with van der Waals surface area (Å²) in [4.78, 5) is 18.3. The van der Waals surface area contributed by atoms with Gasteiger partial charge in [-0.1, -0.05) is 166 Å². The predicted octanol–water partition coefficient (Wildman–Crippen LogP) is 13.0. The molecule has 9 aromatic rings. The van der Waals surface area contributed by atoms with E-state index >= 15 is 0 Å². The molecule has 0 amide bonds. The molecule has 0 fully saturated rings. The van der Waals surface area contributed by atoms with Crippen LogP contribution in [0.1, 0.15) is 49.9 Å². The van der Waals surface area contributed by atoms with E-state index in [4.69, 9.17) is 15.0 Å². The van der Waals surface area contributed by atoms with Crippen LogP contribution in [0.15, 0.2) is 181 Å². The third-order valence-corrected chi connectivity index (χ3v) is 12.2. The Labute approximate surface area is 338 Å². The lowest BCUT2D eigenvalue weighted by Gasteiger charge is -2.47. The molecule has 0 N–H and O–H groups in total. The van der Waals surface area contributed by atoms with Crippen molar-refractivity contribution in [3.05, 3.63) is 198 Å². The summed E-state index contributed by atoms with van der Waals surface area (Å²) in [5.41, 5.74) is 14.3. The monoisotopic (exact) mass is 747 g/mol. The Morgan fingerprint density at radius 2 is 1.10 bits per heavy atom. The Balaban J connectivity index is 1.07. The fourth-order valence-corrected chi connectivity index (χ4v) is 9.36. The standard InChI is InChI=1S/C53H41N5/c1-52(2)40-23-12-14-27-45(40)58-49-41(52)24-16-25-42(49)53(3,4)56-51(58)37-31-29-34(30-32-37)38-22-15-28-46-48(38)39-21-11-13-26-44(39)57(46)47-33-43(35-17-7-5-8-18-35)54-50(55-47)36-19-9-6-10-20-36/h5-33H,1-4H3. The highest BCUT2D eigenvalue weighted by atomic mass is 15.2. The van der Waals surface area contributed by atoms with Crippen LogP contribution in [-0.2, 0) is 11.0 Å². The summed E-state index contributed by atoms with van der Waals surface area (Å²) in [7, 11) is 0. The third-order valence-electron chi connectivity index (χ3n) is 12.2. The molecule has 2 aliphatic rings. The molecule has 58 heavy (non-hydrogen) atoms. The first-order valence-corrected chi connectivity index (χ1v) is 20.0. The van der Waals surface area contributed by atoms with Gasteiger partial charge in [-0.2, -0.15) is 0 Å². The van der Waals surface area contributed by atoms with Crippen LogP contribution >= 0.6 is 0 Å². The fraction of sp³-hybridized carbons (Fsp3) is 0.113. The predicted molar refractivity (Wildman–Crippen MR) is 239 cm³/mol. The Morgan fingerprint density at radius 3 is 1.90 bits per heavy atom. The summed E-state index contributed by atoms with van der Waals surface area (Å²) >= 11 is 0. The molecule has 11 rings (SSSR count). The summed E-state index contributed by atoms with van der Waals surface area (Å²) in [5, 5.41) is 2.36. The number of hydrogen-bond donors (Lipinski definition) is 0. The molecule has 2 aromatic heterocycles. The number of rotatable bonds is 5. The van der Waals surface area contributed by atoms with Gasteiger partial charge in [0.25, 0.3) is 0 Å². The van der Waals surface area contributed by atoms with Gasteiger partial charge in [0.15, 0.2) is 5.82 Å². The third kappa shape index (κ3) is 5.13. The molecule has 5 heteroatoms. The van der Waals surface area contributed by atoms with Crippen LogP contribution in [0.3, 0.4) is 0 Å². The van der Waals surface area contributed by atoms with Crippen molar-refractivity contribution in [3.8, 4) is 39.6 Å². The van der Waals surface area contributed by atoms with Crippen molar-refractivity contribution in [1.82, 2.24) is 14.5 Å². The minimum atomic E-state index is -0.395. The number of para-hydroxylation sites is 3. The van der Waals surface area contributed by atoms with Gasteiger partial charge < -0.3 is 0 Å². The largest absolute Gasteiger partial charge is 0.294 e. The highest BCUT2D eigenvalue weighted by Gasteiger charge is 2.44. The fourth-order valence-electron chi connectivity index (χ4n) is 9.36. The number of aliphatic imine (C=N–C) groups is 1. The van der Waals surface area contributed by atoms with Crippen LogP contribution in [0.25, 0.3) is 61.4 Å². The van der Waals surface area contributed by atoms with Crippen LogP contribution in [0, 0.1) is 0 Å². The minimum Gasteiger partial charge on any atom is -0.294 e. The number of nitrogens with zero attached hydrogens (tertiary/aromatic N) is 5. The van der Waals surface area contributed by atoms with Crippen LogP contribution < -0.4 is 4.90 Å². The highest BCUT2D eigenvalue weighted by Crippen LogP contribution is 2.54. The maximum Gasteiger partial charge on any atom is 0.162 e. The van der Waals surface area contributed by atoms with E-state index < -0.39 is 5.54 Å². The molecule has 0 radical (unpaired) electrons. The Bertz CT molecular complexity index is 3040. The molecule has 0 aliphatic carbocycles. The lowest BCUT2D eigenvalue weighted by molar-refractivity contribution is 0.542. The van der Waals surface area contributed by atoms with Crippen LogP contribution in [0.5, 0.6) is 0 Å². The van der Waals surface area contributed by atoms with Gasteiger partial charge in [-0.15, -0.1) is 0 Å². The van der Waals surface area contributed by atoms with E-state index in [9.17, 15) is 0 Å². The van der Waals surface area contributed by atoms with Crippen LogP contribution in [0.2, 0.25) is 0 Å². The van der Waals surface area contributed by atoms with Crippen molar-refractivity contribution < 1.29 is 0 Å². The smallest absolute Gasteiger partial charge is 0.162 e. The van der Waals surface area contributed by atoms with Crippen molar-refractivity contribution in [2.75, 3.05) is 4.90 Å². The van der Waals surface area contributed by atoms with E-state index in [0.29, 0.717) is 5.82 Å². The molecular weight excluding hydrogens is 707 g/mol. The van der Waals surface area contributed by atoms with Crippen molar-refractivity contribution >= 4 is 39.0 Å². The zero-order valence-electron chi connectivity index (χ0n) is 33.0. The van der Waals surface area contributed by atoms with E-state index in [1.54, 1.807) is 0 Å². The quantitative estimate of drug-likeness (QED) is 0.176. The normalized spacial score (nSPS) is 14.9. The number of hydrogen-bond acceptors (Lipinski definition) is 4. The molecule has 4 heterocycles. The van der Waals surface area contributed by atoms with Crippen LogP contribution in [0.4, 0.5) is 11.4 Å². The number of fused-ring (bicyclic) bond motifs is 5. The van der Waals surface area contributed by atoms with E-state index in [1.807, 2.05) is 24.3 Å². The maximum atomic E-state index is 5.51. The molecule has 0 unspecified atom stereocenters. The van der Waals surface area contributed by atoms with Crippen molar-refractivity contribution in [1.29, 1.82) is 0 Å². The molecule has 7 aromatic carbocycles. The summed E-state index contributed by atoms with van der Waals surface area (Å²) in [6.45, 7) is 9.17. The van der Waals surface area contributed by atoms with Gasteiger partial charge in [0.05, 0.1) is 33.6 Å². The number of benzene rings is 7. The Morgan fingerprint density at radius 1 is 0.483 bits per heavy atom. The van der Waals surface area contributed by atoms with Gasteiger partial charge in [-0.25, -0.2) is 9.97 Å². The molecule has 5 nitrogen and oxygen atoms in total. The van der Waals surface area contributed by atoms with Gasteiger partial charge in [-0.05, 0) is 54.3 Å².